The third-order valence-corrected chi connectivity index (χ3v) is 5.60. The maximum absolute atomic E-state index is 3.88. The molecule has 0 aromatic heterocycles. The molecule has 1 saturated carbocycles. The Balaban J connectivity index is 1.41. The monoisotopic (exact) mass is 260 g/mol. The molecule has 2 nitrogen and oxygen atoms in total. The zero-order valence-corrected chi connectivity index (χ0v) is 11.5. The first-order valence-corrected chi connectivity index (χ1v) is 8.10. The molecule has 1 aliphatic carbocycles. The SMILES string of the molecule is c1ccc2c(c1)SCC2NC1CCN(C2CC2)C1. The van der Waals surface area contributed by atoms with E-state index < -0.39 is 0 Å². The Kier molecular flexibility index (Phi) is 2.86. The predicted molar refractivity (Wildman–Crippen MR) is 76.0 cm³/mol. The van der Waals surface area contributed by atoms with Gasteiger partial charge in [-0.05, 0) is 30.9 Å². The van der Waals surface area contributed by atoms with Crippen LogP contribution in [0.1, 0.15) is 30.9 Å². The van der Waals surface area contributed by atoms with Crippen molar-refractivity contribution < 1.29 is 0 Å². The molecule has 3 heteroatoms. The second kappa shape index (κ2) is 4.55. The van der Waals surface area contributed by atoms with E-state index in [0.29, 0.717) is 12.1 Å². The standard InChI is InChI=1S/C15H20N2S/c1-2-4-15-13(3-1)14(10-18-15)16-11-7-8-17(9-11)12-5-6-12/h1-4,11-12,14,16H,5-10H2. The van der Waals surface area contributed by atoms with Crippen LogP contribution in [0.5, 0.6) is 0 Å². The molecule has 0 amide bonds. The van der Waals surface area contributed by atoms with Crippen molar-refractivity contribution in [2.24, 2.45) is 0 Å². The number of hydrogen-bond donors (Lipinski definition) is 1. The average Bonchev–Trinajstić information content (AvgIpc) is 3.02. The second-order valence-electron chi connectivity index (χ2n) is 5.78. The third-order valence-electron chi connectivity index (χ3n) is 4.42. The predicted octanol–water partition coefficient (Wildman–Crippen LogP) is 2.66. The van der Waals surface area contributed by atoms with Crippen LogP contribution in [0, 0.1) is 0 Å². The minimum absolute atomic E-state index is 0.579. The number of benzene rings is 1. The van der Waals surface area contributed by atoms with Crippen molar-refractivity contribution >= 4 is 11.8 Å². The molecule has 2 atom stereocenters. The Labute approximate surface area is 113 Å². The van der Waals surface area contributed by atoms with Crippen LogP contribution >= 0.6 is 11.8 Å². The lowest BCUT2D eigenvalue weighted by atomic mass is 10.1. The van der Waals surface area contributed by atoms with Gasteiger partial charge in [-0.15, -0.1) is 11.8 Å². The number of nitrogens with zero attached hydrogens (tertiary/aromatic N) is 1. The van der Waals surface area contributed by atoms with E-state index in [9.17, 15) is 0 Å². The lowest BCUT2D eigenvalue weighted by Gasteiger charge is -2.20. The van der Waals surface area contributed by atoms with Gasteiger partial charge < -0.3 is 5.32 Å². The number of thioether (sulfide) groups is 1. The molecule has 2 fully saturated rings. The molecule has 1 aromatic rings. The lowest BCUT2D eigenvalue weighted by molar-refractivity contribution is 0.314. The Morgan fingerprint density at radius 1 is 1.17 bits per heavy atom. The number of rotatable bonds is 3. The van der Waals surface area contributed by atoms with E-state index in [1.807, 2.05) is 11.8 Å². The lowest BCUT2D eigenvalue weighted by Crippen LogP contribution is -2.36. The van der Waals surface area contributed by atoms with Crippen LogP contribution in [0.15, 0.2) is 29.2 Å². The Bertz CT molecular complexity index is 444. The van der Waals surface area contributed by atoms with Crippen molar-refractivity contribution in [1.29, 1.82) is 0 Å². The van der Waals surface area contributed by atoms with Gasteiger partial charge in [0.1, 0.15) is 0 Å². The fraction of sp³-hybridized carbons (Fsp3) is 0.600. The normalized spacial score (nSPS) is 31.8. The average molecular weight is 260 g/mol. The van der Waals surface area contributed by atoms with Gasteiger partial charge in [-0.3, -0.25) is 4.90 Å². The van der Waals surface area contributed by atoms with Crippen LogP contribution in [0.4, 0.5) is 0 Å². The maximum Gasteiger partial charge on any atom is 0.0429 e. The van der Waals surface area contributed by atoms with Crippen LogP contribution in [0.3, 0.4) is 0 Å². The molecule has 1 aromatic carbocycles. The molecule has 1 saturated heterocycles. The zero-order valence-electron chi connectivity index (χ0n) is 10.6. The van der Waals surface area contributed by atoms with Crippen LogP contribution < -0.4 is 5.32 Å². The van der Waals surface area contributed by atoms with E-state index in [1.54, 1.807) is 0 Å². The fourth-order valence-electron chi connectivity index (χ4n) is 3.28. The van der Waals surface area contributed by atoms with Crippen LogP contribution in [-0.2, 0) is 0 Å². The van der Waals surface area contributed by atoms with Gasteiger partial charge in [0.25, 0.3) is 0 Å². The van der Waals surface area contributed by atoms with Crippen molar-refractivity contribution in [3.8, 4) is 0 Å². The van der Waals surface area contributed by atoms with Crippen LogP contribution in [0.25, 0.3) is 0 Å². The van der Waals surface area contributed by atoms with Gasteiger partial charge in [0, 0.05) is 41.9 Å². The van der Waals surface area contributed by atoms with Gasteiger partial charge >= 0.3 is 0 Å². The van der Waals surface area contributed by atoms with E-state index in [0.717, 1.165) is 6.04 Å². The molecule has 0 radical (unpaired) electrons. The summed E-state index contributed by atoms with van der Waals surface area (Å²) >= 11 is 2.00. The highest BCUT2D eigenvalue weighted by atomic mass is 32.2. The highest BCUT2D eigenvalue weighted by Gasteiger charge is 2.35. The third kappa shape index (κ3) is 2.09. The van der Waals surface area contributed by atoms with Gasteiger partial charge in [-0.1, -0.05) is 18.2 Å². The first-order chi connectivity index (χ1) is 8.90. The summed E-state index contributed by atoms with van der Waals surface area (Å²) in [6, 6.07) is 11.1. The van der Waals surface area contributed by atoms with E-state index in [2.05, 4.69) is 34.5 Å². The Morgan fingerprint density at radius 3 is 2.94 bits per heavy atom. The summed E-state index contributed by atoms with van der Waals surface area (Å²) in [6.45, 7) is 2.58. The molecule has 18 heavy (non-hydrogen) atoms. The van der Waals surface area contributed by atoms with Gasteiger partial charge in [-0.25, -0.2) is 0 Å². The molecule has 2 unspecified atom stereocenters. The number of nitrogens with one attached hydrogen (secondary N) is 1. The summed E-state index contributed by atoms with van der Waals surface area (Å²) in [5, 5.41) is 3.88. The first kappa shape index (κ1) is 11.3. The van der Waals surface area contributed by atoms with E-state index in [1.165, 1.54) is 48.6 Å². The maximum atomic E-state index is 3.88. The fourth-order valence-corrected chi connectivity index (χ4v) is 4.45. The zero-order chi connectivity index (χ0) is 11.9. The van der Waals surface area contributed by atoms with Gasteiger partial charge in [-0.2, -0.15) is 0 Å². The largest absolute Gasteiger partial charge is 0.305 e. The molecule has 1 N–H and O–H groups in total. The smallest absolute Gasteiger partial charge is 0.0429 e. The van der Waals surface area contributed by atoms with Crippen molar-refractivity contribution in [2.45, 2.75) is 42.3 Å². The molecule has 2 heterocycles. The molecule has 3 aliphatic rings. The molecular weight excluding hydrogens is 240 g/mol. The summed E-state index contributed by atoms with van der Waals surface area (Å²) in [7, 11) is 0. The van der Waals surface area contributed by atoms with E-state index in [-0.39, 0.29) is 0 Å². The summed E-state index contributed by atoms with van der Waals surface area (Å²) < 4.78 is 0. The molecule has 96 valence electrons. The minimum Gasteiger partial charge on any atom is -0.305 e. The topological polar surface area (TPSA) is 15.3 Å². The first-order valence-electron chi connectivity index (χ1n) is 7.12. The van der Waals surface area contributed by atoms with Crippen molar-refractivity contribution in [3.05, 3.63) is 29.8 Å². The number of fused-ring (bicyclic) bond motifs is 1. The van der Waals surface area contributed by atoms with Crippen molar-refractivity contribution in [1.82, 2.24) is 10.2 Å². The van der Waals surface area contributed by atoms with Crippen molar-refractivity contribution in [2.75, 3.05) is 18.8 Å². The second-order valence-corrected chi connectivity index (χ2v) is 6.84. The quantitative estimate of drug-likeness (QED) is 0.899. The molecule has 2 aliphatic heterocycles. The summed E-state index contributed by atoms with van der Waals surface area (Å²) in [4.78, 5) is 4.16. The van der Waals surface area contributed by atoms with E-state index >= 15 is 0 Å². The Morgan fingerprint density at radius 2 is 2.06 bits per heavy atom. The summed E-state index contributed by atoms with van der Waals surface area (Å²) in [5.41, 5.74) is 1.52. The van der Waals surface area contributed by atoms with E-state index in [4.69, 9.17) is 0 Å². The van der Waals surface area contributed by atoms with Gasteiger partial charge in [0.05, 0.1) is 0 Å². The molecule has 0 spiro atoms. The number of likely N-dealkylation sites (tertiary alicyclic amines) is 1. The molecular formula is C15H20N2S. The minimum atomic E-state index is 0.579. The molecule has 0 bridgehead atoms. The highest BCUT2D eigenvalue weighted by molar-refractivity contribution is 7.99. The van der Waals surface area contributed by atoms with Crippen molar-refractivity contribution in [3.63, 3.8) is 0 Å². The highest BCUT2D eigenvalue weighted by Crippen LogP contribution is 2.38. The van der Waals surface area contributed by atoms with Crippen LogP contribution in [-0.4, -0.2) is 35.8 Å². The Hall–Kier alpha value is -0.510. The molecule has 4 rings (SSSR count). The number of hydrogen-bond acceptors (Lipinski definition) is 3. The van der Waals surface area contributed by atoms with Gasteiger partial charge in [0.2, 0.25) is 0 Å². The van der Waals surface area contributed by atoms with Gasteiger partial charge in [0.15, 0.2) is 0 Å². The summed E-state index contributed by atoms with van der Waals surface area (Å²) in [5.74, 6) is 1.21. The van der Waals surface area contributed by atoms with Crippen LogP contribution in [0.2, 0.25) is 0 Å². The summed E-state index contributed by atoms with van der Waals surface area (Å²) in [6.07, 6.45) is 4.21.